The van der Waals surface area contributed by atoms with Gasteiger partial charge in [-0.05, 0) is 43.0 Å². The molecule has 1 aromatic carbocycles. The second-order valence-electron chi connectivity index (χ2n) is 6.59. The SMILES string of the molecule is CCOC(=O)N1CCc2c(sc(NC(=O)CCc3ccc(OC)cc3)c2C#N)C1. The number of fused-ring (bicyclic) bond motifs is 1. The molecule has 1 aliphatic rings. The highest BCUT2D eigenvalue weighted by Crippen LogP contribution is 2.36. The number of carbonyl (C=O) groups is 2. The van der Waals surface area contributed by atoms with Crippen LogP contribution >= 0.6 is 11.3 Å². The third kappa shape index (κ3) is 4.87. The Bertz CT molecular complexity index is 931. The molecule has 1 aromatic heterocycles. The number of aryl methyl sites for hydroxylation is 1. The first kappa shape index (κ1) is 20.7. The molecule has 0 unspecified atom stereocenters. The zero-order valence-corrected chi connectivity index (χ0v) is 17.3. The predicted octanol–water partition coefficient (Wildman–Crippen LogP) is 3.71. The summed E-state index contributed by atoms with van der Waals surface area (Å²) in [5, 5.41) is 13.0. The molecule has 0 radical (unpaired) electrons. The zero-order valence-electron chi connectivity index (χ0n) is 16.5. The molecule has 0 fully saturated rings. The maximum absolute atomic E-state index is 12.4. The van der Waals surface area contributed by atoms with Gasteiger partial charge < -0.3 is 19.7 Å². The fraction of sp³-hybridized carbons (Fsp3) is 0.381. The van der Waals surface area contributed by atoms with E-state index in [2.05, 4.69) is 11.4 Å². The van der Waals surface area contributed by atoms with E-state index >= 15 is 0 Å². The van der Waals surface area contributed by atoms with Crippen LogP contribution in [0, 0.1) is 11.3 Å². The lowest BCUT2D eigenvalue weighted by Gasteiger charge is -2.25. The Hall–Kier alpha value is -3.05. The first-order chi connectivity index (χ1) is 14.0. The van der Waals surface area contributed by atoms with Crippen LogP contribution in [0.2, 0.25) is 0 Å². The molecule has 2 amide bonds. The predicted molar refractivity (Wildman–Crippen MR) is 110 cm³/mol. The lowest BCUT2D eigenvalue weighted by atomic mass is 10.0. The van der Waals surface area contributed by atoms with Gasteiger partial charge in [0.15, 0.2) is 0 Å². The quantitative estimate of drug-likeness (QED) is 0.779. The number of nitriles is 1. The fourth-order valence-electron chi connectivity index (χ4n) is 3.22. The van der Waals surface area contributed by atoms with Crippen LogP contribution < -0.4 is 10.1 Å². The van der Waals surface area contributed by atoms with E-state index in [-0.39, 0.29) is 12.0 Å². The van der Waals surface area contributed by atoms with Crippen LogP contribution in [-0.2, 0) is 28.9 Å². The number of benzene rings is 1. The molecule has 1 N–H and O–H groups in total. The minimum absolute atomic E-state index is 0.141. The maximum Gasteiger partial charge on any atom is 0.410 e. The number of ether oxygens (including phenoxy) is 2. The minimum Gasteiger partial charge on any atom is -0.497 e. The van der Waals surface area contributed by atoms with E-state index in [0.717, 1.165) is 21.8 Å². The molecule has 8 heteroatoms. The number of hydrogen-bond acceptors (Lipinski definition) is 6. The number of thiophene rings is 1. The van der Waals surface area contributed by atoms with Gasteiger partial charge in [-0.3, -0.25) is 4.79 Å². The second-order valence-corrected chi connectivity index (χ2v) is 7.69. The van der Waals surface area contributed by atoms with Crippen molar-refractivity contribution in [3.8, 4) is 11.8 Å². The van der Waals surface area contributed by atoms with Gasteiger partial charge in [-0.1, -0.05) is 12.1 Å². The largest absolute Gasteiger partial charge is 0.497 e. The zero-order chi connectivity index (χ0) is 20.8. The lowest BCUT2D eigenvalue weighted by Crippen LogP contribution is -2.35. The van der Waals surface area contributed by atoms with E-state index < -0.39 is 0 Å². The van der Waals surface area contributed by atoms with Crippen molar-refractivity contribution in [2.75, 3.05) is 25.6 Å². The van der Waals surface area contributed by atoms with E-state index in [9.17, 15) is 14.9 Å². The Labute approximate surface area is 173 Å². The number of carbonyl (C=O) groups excluding carboxylic acids is 2. The molecule has 2 heterocycles. The molecule has 152 valence electrons. The highest BCUT2D eigenvalue weighted by atomic mass is 32.1. The highest BCUT2D eigenvalue weighted by molar-refractivity contribution is 7.16. The summed E-state index contributed by atoms with van der Waals surface area (Å²) in [5.74, 6) is 0.635. The standard InChI is InChI=1S/C21H23N3O4S/c1-3-28-21(26)24-11-10-16-17(12-22)20(29-18(16)13-24)23-19(25)9-6-14-4-7-15(27-2)8-5-14/h4-5,7-8H,3,6,9-11,13H2,1-2H3,(H,23,25). The Balaban J connectivity index is 1.64. The molecule has 0 aliphatic carbocycles. The van der Waals surface area contributed by atoms with Gasteiger partial charge in [0.2, 0.25) is 5.91 Å². The molecule has 0 spiro atoms. The highest BCUT2D eigenvalue weighted by Gasteiger charge is 2.28. The molecule has 2 aromatic rings. The average Bonchev–Trinajstić information content (AvgIpc) is 3.08. The number of hydrogen-bond donors (Lipinski definition) is 1. The molecular weight excluding hydrogens is 390 g/mol. The molecule has 0 saturated heterocycles. The number of nitrogens with zero attached hydrogens (tertiary/aromatic N) is 2. The lowest BCUT2D eigenvalue weighted by molar-refractivity contribution is -0.116. The summed E-state index contributed by atoms with van der Waals surface area (Å²) in [4.78, 5) is 26.9. The Kier molecular flexibility index (Phi) is 6.73. The van der Waals surface area contributed by atoms with Crippen molar-refractivity contribution in [2.45, 2.75) is 32.7 Å². The van der Waals surface area contributed by atoms with Gasteiger partial charge in [-0.15, -0.1) is 11.3 Å². The van der Waals surface area contributed by atoms with Crippen molar-refractivity contribution in [3.63, 3.8) is 0 Å². The third-order valence-corrected chi connectivity index (χ3v) is 5.88. The smallest absolute Gasteiger partial charge is 0.410 e. The summed E-state index contributed by atoms with van der Waals surface area (Å²) in [7, 11) is 1.61. The molecular formula is C21H23N3O4S. The topological polar surface area (TPSA) is 91.7 Å². The summed E-state index contributed by atoms with van der Waals surface area (Å²) in [6.45, 7) is 2.99. The van der Waals surface area contributed by atoms with Crippen LogP contribution in [0.4, 0.5) is 9.80 Å². The van der Waals surface area contributed by atoms with Gasteiger partial charge >= 0.3 is 6.09 Å². The number of anilines is 1. The van der Waals surface area contributed by atoms with Gasteiger partial charge in [0.25, 0.3) is 0 Å². The molecule has 0 saturated carbocycles. The second kappa shape index (κ2) is 9.43. The van der Waals surface area contributed by atoms with Crippen molar-refractivity contribution in [1.29, 1.82) is 5.26 Å². The number of amides is 2. The van der Waals surface area contributed by atoms with Crippen molar-refractivity contribution < 1.29 is 19.1 Å². The summed E-state index contributed by atoms with van der Waals surface area (Å²) in [5.41, 5.74) is 2.46. The molecule has 29 heavy (non-hydrogen) atoms. The van der Waals surface area contributed by atoms with Crippen molar-refractivity contribution in [3.05, 3.63) is 45.8 Å². The summed E-state index contributed by atoms with van der Waals surface area (Å²) < 4.78 is 10.2. The molecule has 0 atom stereocenters. The van der Waals surface area contributed by atoms with Crippen molar-refractivity contribution in [1.82, 2.24) is 4.90 Å². The summed E-state index contributed by atoms with van der Waals surface area (Å²) >= 11 is 1.36. The fourth-order valence-corrected chi connectivity index (χ4v) is 4.45. The Morgan fingerprint density at radius 1 is 1.31 bits per heavy atom. The minimum atomic E-state index is -0.352. The van der Waals surface area contributed by atoms with Crippen molar-refractivity contribution >= 4 is 28.3 Å². The molecule has 1 aliphatic heterocycles. The maximum atomic E-state index is 12.4. The van der Waals surface area contributed by atoms with E-state index in [1.54, 1.807) is 18.9 Å². The van der Waals surface area contributed by atoms with Crippen LogP contribution in [-0.4, -0.2) is 37.2 Å². The van der Waals surface area contributed by atoms with Gasteiger partial charge in [-0.2, -0.15) is 5.26 Å². The van der Waals surface area contributed by atoms with Gasteiger partial charge in [0.1, 0.15) is 16.8 Å². The van der Waals surface area contributed by atoms with Crippen molar-refractivity contribution in [2.24, 2.45) is 0 Å². The molecule has 7 nitrogen and oxygen atoms in total. The van der Waals surface area contributed by atoms with Crippen LogP contribution in [0.1, 0.15) is 34.9 Å². The van der Waals surface area contributed by atoms with Crippen LogP contribution in [0.15, 0.2) is 24.3 Å². The Morgan fingerprint density at radius 2 is 2.07 bits per heavy atom. The van der Waals surface area contributed by atoms with Gasteiger partial charge in [0, 0.05) is 17.8 Å². The first-order valence-corrected chi connectivity index (χ1v) is 10.3. The van der Waals surface area contributed by atoms with E-state index in [1.165, 1.54) is 11.3 Å². The van der Waals surface area contributed by atoms with Crippen LogP contribution in [0.3, 0.4) is 0 Å². The average molecular weight is 413 g/mol. The van der Waals surface area contributed by atoms with E-state index in [4.69, 9.17) is 9.47 Å². The third-order valence-electron chi connectivity index (χ3n) is 4.75. The van der Waals surface area contributed by atoms with Crippen LogP contribution in [0.5, 0.6) is 5.75 Å². The Morgan fingerprint density at radius 3 is 2.72 bits per heavy atom. The summed E-state index contributed by atoms with van der Waals surface area (Å²) in [6.07, 6.45) is 1.14. The molecule has 0 bridgehead atoms. The number of rotatable bonds is 6. The number of methoxy groups -OCH3 is 1. The molecule has 3 rings (SSSR count). The van der Waals surface area contributed by atoms with E-state index in [1.807, 2.05) is 24.3 Å². The first-order valence-electron chi connectivity index (χ1n) is 9.44. The summed E-state index contributed by atoms with van der Waals surface area (Å²) in [6, 6.07) is 9.80. The van der Waals surface area contributed by atoms with Gasteiger partial charge in [0.05, 0.1) is 25.8 Å². The van der Waals surface area contributed by atoms with Crippen LogP contribution in [0.25, 0.3) is 0 Å². The normalized spacial score (nSPS) is 12.7. The monoisotopic (exact) mass is 413 g/mol. The van der Waals surface area contributed by atoms with E-state index in [0.29, 0.717) is 49.5 Å². The van der Waals surface area contributed by atoms with Gasteiger partial charge in [-0.25, -0.2) is 4.79 Å². The number of nitrogens with one attached hydrogen (secondary N) is 1.